The van der Waals surface area contributed by atoms with Gasteiger partial charge in [0.25, 0.3) is 5.91 Å². The molecule has 1 aliphatic heterocycles. The first-order valence-electron chi connectivity index (χ1n) is 10.5. The highest BCUT2D eigenvalue weighted by molar-refractivity contribution is 6.32. The fourth-order valence-corrected chi connectivity index (χ4v) is 4.08. The van der Waals surface area contributed by atoms with Crippen LogP contribution in [0.25, 0.3) is 0 Å². The van der Waals surface area contributed by atoms with Crippen molar-refractivity contribution in [2.24, 2.45) is 0 Å². The summed E-state index contributed by atoms with van der Waals surface area (Å²) in [5, 5.41) is 12.8. The molecule has 1 aliphatic rings. The summed E-state index contributed by atoms with van der Waals surface area (Å²) in [5.74, 6) is -1.12. The van der Waals surface area contributed by atoms with Gasteiger partial charge in [-0.3, -0.25) is 9.59 Å². The van der Waals surface area contributed by atoms with Crippen molar-refractivity contribution in [1.29, 1.82) is 0 Å². The van der Waals surface area contributed by atoms with Gasteiger partial charge in [0.1, 0.15) is 23.1 Å². The van der Waals surface area contributed by atoms with Crippen LogP contribution in [0.4, 0.5) is 4.39 Å². The second-order valence-corrected chi connectivity index (χ2v) is 8.56. The van der Waals surface area contributed by atoms with Crippen molar-refractivity contribution in [3.63, 3.8) is 0 Å². The Hall–Kier alpha value is -3.29. The highest BCUT2D eigenvalue weighted by Gasteiger charge is 2.29. The number of fused-ring (bicyclic) bond motifs is 1. The van der Waals surface area contributed by atoms with Crippen molar-refractivity contribution in [2.75, 3.05) is 13.2 Å². The molecule has 4 rings (SSSR count). The van der Waals surface area contributed by atoms with E-state index in [1.807, 2.05) is 0 Å². The molecular formula is C25H20Cl2FNO5. The number of carboxylic acids is 1. The first-order valence-corrected chi connectivity index (χ1v) is 11.3. The highest BCUT2D eigenvalue weighted by Crippen LogP contribution is 2.41. The average Bonchev–Trinajstić information content (AvgIpc) is 2.81. The number of ether oxygens (including phenoxy) is 2. The molecule has 3 aromatic rings. The van der Waals surface area contributed by atoms with E-state index < -0.39 is 11.9 Å². The van der Waals surface area contributed by atoms with Crippen LogP contribution >= 0.6 is 23.2 Å². The van der Waals surface area contributed by atoms with Gasteiger partial charge in [-0.1, -0.05) is 23.2 Å². The van der Waals surface area contributed by atoms with Crippen molar-refractivity contribution >= 4 is 35.1 Å². The Bertz CT molecular complexity index is 1230. The number of benzene rings is 3. The Kier molecular flexibility index (Phi) is 7.24. The van der Waals surface area contributed by atoms with Crippen LogP contribution in [-0.2, 0) is 11.2 Å². The lowest BCUT2D eigenvalue weighted by atomic mass is 9.93. The van der Waals surface area contributed by atoms with E-state index >= 15 is 0 Å². The summed E-state index contributed by atoms with van der Waals surface area (Å²) in [4.78, 5) is 23.9. The number of nitrogens with one attached hydrogen (secondary N) is 1. The van der Waals surface area contributed by atoms with E-state index in [0.29, 0.717) is 58.4 Å². The van der Waals surface area contributed by atoms with Gasteiger partial charge >= 0.3 is 5.97 Å². The molecule has 1 amide bonds. The largest absolute Gasteiger partial charge is 0.493 e. The SMILES string of the molecule is O=C(NCCc1cc(Cl)ccc1F)c1ccc(Oc2cc3c(cc2Cl)C(C(=O)O)CCO3)cc1. The third-order valence-electron chi connectivity index (χ3n) is 5.43. The summed E-state index contributed by atoms with van der Waals surface area (Å²) in [6.45, 7) is 0.537. The molecule has 2 N–H and O–H groups in total. The van der Waals surface area contributed by atoms with Gasteiger partial charge in [0.05, 0.1) is 17.5 Å². The van der Waals surface area contributed by atoms with E-state index in [2.05, 4.69) is 5.32 Å². The van der Waals surface area contributed by atoms with E-state index in [1.165, 1.54) is 18.2 Å². The molecule has 0 radical (unpaired) electrons. The van der Waals surface area contributed by atoms with Gasteiger partial charge in [-0.15, -0.1) is 0 Å². The molecule has 0 spiro atoms. The first-order chi connectivity index (χ1) is 16.3. The molecule has 0 saturated heterocycles. The molecule has 1 unspecified atom stereocenters. The molecule has 176 valence electrons. The first kappa shape index (κ1) is 23.9. The molecule has 3 aromatic carbocycles. The average molecular weight is 504 g/mol. The van der Waals surface area contributed by atoms with E-state index in [9.17, 15) is 19.1 Å². The minimum atomic E-state index is -0.930. The monoisotopic (exact) mass is 503 g/mol. The predicted octanol–water partition coefficient (Wildman–Crippen LogP) is 5.85. The van der Waals surface area contributed by atoms with Crippen molar-refractivity contribution < 1.29 is 28.6 Å². The fourth-order valence-electron chi connectivity index (χ4n) is 3.67. The third-order valence-corrected chi connectivity index (χ3v) is 5.96. The zero-order chi connectivity index (χ0) is 24.2. The minimum Gasteiger partial charge on any atom is -0.493 e. The Morgan fingerprint density at radius 3 is 2.62 bits per heavy atom. The smallest absolute Gasteiger partial charge is 0.311 e. The lowest BCUT2D eigenvalue weighted by molar-refractivity contribution is -0.139. The zero-order valence-electron chi connectivity index (χ0n) is 17.8. The third kappa shape index (κ3) is 5.43. The number of carboxylic acid groups (broad SMARTS) is 1. The molecule has 9 heteroatoms. The molecule has 0 aliphatic carbocycles. The predicted molar refractivity (Wildman–Crippen MR) is 126 cm³/mol. The van der Waals surface area contributed by atoms with Crippen LogP contribution < -0.4 is 14.8 Å². The Morgan fingerprint density at radius 1 is 1.12 bits per heavy atom. The van der Waals surface area contributed by atoms with Gasteiger partial charge in [0.2, 0.25) is 0 Å². The van der Waals surface area contributed by atoms with Gasteiger partial charge < -0.3 is 19.9 Å². The lowest BCUT2D eigenvalue weighted by Crippen LogP contribution is -2.25. The van der Waals surface area contributed by atoms with Crippen molar-refractivity contribution in [3.8, 4) is 17.2 Å². The van der Waals surface area contributed by atoms with E-state index in [1.54, 1.807) is 36.4 Å². The molecule has 0 bridgehead atoms. The minimum absolute atomic E-state index is 0.246. The van der Waals surface area contributed by atoms with Crippen LogP contribution in [0.2, 0.25) is 10.0 Å². The van der Waals surface area contributed by atoms with Crippen molar-refractivity contribution in [3.05, 3.63) is 87.2 Å². The number of carbonyl (C=O) groups excluding carboxylic acids is 1. The topological polar surface area (TPSA) is 84.9 Å². The van der Waals surface area contributed by atoms with Gasteiger partial charge in [-0.05, 0) is 66.9 Å². The molecular weight excluding hydrogens is 484 g/mol. The van der Waals surface area contributed by atoms with Gasteiger partial charge in [0.15, 0.2) is 0 Å². The zero-order valence-corrected chi connectivity index (χ0v) is 19.3. The summed E-state index contributed by atoms with van der Waals surface area (Å²) >= 11 is 12.2. The number of amides is 1. The van der Waals surface area contributed by atoms with Crippen LogP contribution in [0.15, 0.2) is 54.6 Å². The van der Waals surface area contributed by atoms with E-state index in [4.69, 9.17) is 32.7 Å². The summed E-state index contributed by atoms with van der Waals surface area (Å²) < 4.78 is 25.2. The van der Waals surface area contributed by atoms with Crippen LogP contribution in [0, 0.1) is 5.82 Å². The number of hydrogen-bond acceptors (Lipinski definition) is 4. The second-order valence-electron chi connectivity index (χ2n) is 7.72. The highest BCUT2D eigenvalue weighted by atomic mass is 35.5. The number of hydrogen-bond donors (Lipinski definition) is 2. The van der Waals surface area contributed by atoms with E-state index in [-0.39, 0.29) is 23.3 Å². The quantitative estimate of drug-likeness (QED) is 0.422. The van der Waals surface area contributed by atoms with Crippen LogP contribution in [0.1, 0.15) is 33.8 Å². The second kappa shape index (κ2) is 10.3. The van der Waals surface area contributed by atoms with Crippen molar-refractivity contribution in [1.82, 2.24) is 5.32 Å². The molecule has 1 heterocycles. The normalized spacial score (nSPS) is 14.6. The maximum atomic E-state index is 13.8. The van der Waals surface area contributed by atoms with Crippen LogP contribution in [-0.4, -0.2) is 30.1 Å². The fraction of sp³-hybridized carbons (Fsp3) is 0.200. The summed E-state index contributed by atoms with van der Waals surface area (Å²) in [6, 6.07) is 13.8. The summed E-state index contributed by atoms with van der Waals surface area (Å²) in [6.07, 6.45) is 0.678. The van der Waals surface area contributed by atoms with E-state index in [0.717, 1.165) is 0 Å². The van der Waals surface area contributed by atoms with Crippen LogP contribution in [0.5, 0.6) is 17.2 Å². The number of aliphatic carboxylic acids is 1. The summed E-state index contributed by atoms with van der Waals surface area (Å²) in [7, 11) is 0. The van der Waals surface area contributed by atoms with Gasteiger partial charge in [-0.2, -0.15) is 0 Å². The van der Waals surface area contributed by atoms with Gasteiger partial charge in [0, 0.05) is 28.8 Å². The number of carbonyl (C=O) groups is 2. The van der Waals surface area contributed by atoms with Gasteiger partial charge in [-0.25, -0.2) is 4.39 Å². The lowest BCUT2D eigenvalue weighted by Gasteiger charge is -2.24. The molecule has 6 nitrogen and oxygen atoms in total. The molecule has 1 atom stereocenters. The molecule has 34 heavy (non-hydrogen) atoms. The number of halogens is 3. The maximum absolute atomic E-state index is 13.8. The number of rotatable bonds is 7. The maximum Gasteiger partial charge on any atom is 0.311 e. The van der Waals surface area contributed by atoms with Crippen molar-refractivity contribution in [2.45, 2.75) is 18.8 Å². The van der Waals surface area contributed by atoms with Crippen LogP contribution in [0.3, 0.4) is 0 Å². The molecule has 0 fully saturated rings. The Labute approximate surface area is 205 Å². The molecule has 0 aromatic heterocycles. The summed E-state index contributed by atoms with van der Waals surface area (Å²) in [5.41, 5.74) is 1.35. The Morgan fingerprint density at radius 2 is 1.88 bits per heavy atom. The Balaban J connectivity index is 1.38. The molecule has 0 saturated carbocycles. The standard InChI is InChI=1S/C25H20Cl2FNO5/c26-16-3-6-21(28)15(11-16)7-9-29-24(30)14-1-4-17(5-2-14)34-23-13-22-19(12-20(23)27)18(25(31)32)8-10-33-22/h1-6,11-13,18H,7-10H2,(H,29,30)(H,31,32).